The lowest BCUT2D eigenvalue weighted by Crippen LogP contribution is -2.27. The average molecular weight is 154 g/mol. The van der Waals surface area contributed by atoms with Gasteiger partial charge in [0.15, 0.2) is 0 Å². The van der Waals surface area contributed by atoms with Crippen molar-refractivity contribution in [2.75, 3.05) is 0 Å². The second-order valence-electron chi connectivity index (χ2n) is 2.60. The topological polar surface area (TPSA) is 55.1 Å². The third-order valence-corrected chi connectivity index (χ3v) is 1.36. The minimum Gasteiger partial charge on any atom is -0.386 e. The molecule has 11 heavy (non-hydrogen) atoms. The van der Waals surface area contributed by atoms with E-state index in [2.05, 4.69) is 11.9 Å². The van der Waals surface area contributed by atoms with Gasteiger partial charge in [-0.25, -0.2) is 0 Å². The lowest BCUT2D eigenvalue weighted by Gasteiger charge is -2.04. The minimum absolute atomic E-state index is 0.176. The lowest BCUT2D eigenvalue weighted by molar-refractivity contribution is -0.116. The van der Waals surface area contributed by atoms with Crippen molar-refractivity contribution in [2.24, 2.45) is 5.73 Å². The fourth-order valence-electron chi connectivity index (χ4n) is 0.467. The summed E-state index contributed by atoms with van der Waals surface area (Å²) in [6.45, 7) is 8.84. The molecule has 0 aromatic carbocycles. The van der Waals surface area contributed by atoms with Crippen molar-refractivity contribution in [2.45, 2.75) is 20.8 Å². The fraction of sp³-hybridized carbons (Fsp3) is 0.375. The first-order valence-electron chi connectivity index (χ1n) is 3.35. The molecule has 0 aromatic rings. The summed E-state index contributed by atoms with van der Waals surface area (Å²) in [5.74, 6) is -0.00639. The third-order valence-electron chi connectivity index (χ3n) is 1.36. The molecule has 3 nitrogen and oxygen atoms in total. The van der Waals surface area contributed by atoms with Crippen LogP contribution in [-0.4, -0.2) is 5.91 Å². The van der Waals surface area contributed by atoms with E-state index >= 15 is 0 Å². The molecule has 0 saturated heterocycles. The molecule has 3 N–H and O–H groups in total. The average Bonchev–Trinajstić information content (AvgIpc) is 1.84. The van der Waals surface area contributed by atoms with Crippen molar-refractivity contribution in [3.8, 4) is 0 Å². The Balaban J connectivity index is 4.28. The number of carbonyl (C=O) groups excluding carboxylic acids is 1. The maximum absolute atomic E-state index is 11.1. The highest BCUT2D eigenvalue weighted by atomic mass is 16.1. The summed E-state index contributed by atoms with van der Waals surface area (Å²) in [7, 11) is 0. The van der Waals surface area contributed by atoms with Crippen LogP contribution in [0.4, 0.5) is 0 Å². The Hall–Kier alpha value is -1.25. The van der Waals surface area contributed by atoms with E-state index in [0.29, 0.717) is 5.57 Å². The van der Waals surface area contributed by atoms with Gasteiger partial charge in [0.05, 0.1) is 5.82 Å². The van der Waals surface area contributed by atoms with Crippen LogP contribution in [0.25, 0.3) is 0 Å². The Bertz CT molecular complexity index is 212. The van der Waals surface area contributed by atoms with E-state index in [1.54, 1.807) is 6.92 Å². The number of nitrogens with one attached hydrogen (secondary N) is 1. The second kappa shape index (κ2) is 3.81. The summed E-state index contributed by atoms with van der Waals surface area (Å²) in [5, 5.41) is 2.41. The first kappa shape index (κ1) is 9.75. The predicted octanol–water partition coefficient (Wildman–Crippen LogP) is 0.889. The van der Waals surface area contributed by atoms with Crippen LogP contribution in [0.5, 0.6) is 0 Å². The van der Waals surface area contributed by atoms with Crippen LogP contribution >= 0.6 is 0 Å². The molecule has 0 aliphatic rings. The van der Waals surface area contributed by atoms with Crippen LogP contribution in [0.15, 0.2) is 23.5 Å². The smallest absolute Gasteiger partial charge is 0.252 e. The van der Waals surface area contributed by atoms with Crippen LogP contribution in [0.1, 0.15) is 20.8 Å². The summed E-state index contributed by atoms with van der Waals surface area (Å²) in [6.07, 6.45) is 0. The number of carbonyl (C=O) groups is 1. The van der Waals surface area contributed by atoms with Crippen molar-refractivity contribution in [3.05, 3.63) is 23.5 Å². The summed E-state index contributed by atoms with van der Waals surface area (Å²) < 4.78 is 0. The van der Waals surface area contributed by atoms with Gasteiger partial charge in [0.2, 0.25) is 0 Å². The molecule has 0 saturated carbocycles. The van der Waals surface area contributed by atoms with Gasteiger partial charge >= 0.3 is 0 Å². The molecule has 3 heteroatoms. The van der Waals surface area contributed by atoms with E-state index in [0.717, 1.165) is 5.57 Å². The van der Waals surface area contributed by atoms with E-state index < -0.39 is 0 Å². The molecule has 0 spiro atoms. The van der Waals surface area contributed by atoms with Gasteiger partial charge < -0.3 is 11.1 Å². The number of hydrogen-bond donors (Lipinski definition) is 2. The maximum Gasteiger partial charge on any atom is 0.252 e. The molecule has 0 aliphatic carbocycles. The van der Waals surface area contributed by atoms with Gasteiger partial charge in [0.25, 0.3) is 5.91 Å². The number of rotatable bonds is 2. The highest BCUT2D eigenvalue weighted by molar-refractivity contribution is 5.94. The molecule has 0 rings (SSSR count). The molecule has 0 aromatic heterocycles. The Kier molecular flexibility index (Phi) is 3.37. The van der Waals surface area contributed by atoms with E-state index in [1.807, 2.05) is 13.8 Å². The summed E-state index contributed by atoms with van der Waals surface area (Å²) >= 11 is 0. The van der Waals surface area contributed by atoms with Gasteiger partial charge in [0.1, 0.15) is 0 Å². The van der Waals surface area contributed by atoms with Gasteiger partial charge in [-0.2, -0.15) is 0 Å². The molecule has 0 aliphatic heterocycles. The number of hydrogen-bond acceptors (Lipinski definition) is 2. The Labute approximate surface area is 67.0 Å². The lowest BCUT2D eigenvalue weighted by atomic mass is 10.2. The first-order valence-corrected chi connectivity index (χ1v) is 3.35. The van der Waals surface area contributed by atoms with Crippen molar-refractivity contribution in [1.29, 1.82) is 0 Å². The zero-order valence-electron chi connectivity index (χ0n) is 7.19. The monoisotopic (exact) mass is 154 g/mol. The molecular formula is C8H14N2O. The van der Waals surface area contributed by atoms with Crippen molar-refractivity contribution in [1.82, 2.24) is 5.32 Å². The Morgan fingerprint density at radius 1 is 1.36 bits per heavy atom. The quantitative estimate of drug-likeness (QED) is 0.580. The highest BCUT2D eigenvalue weighted by Crippen LogP contribution is 2.01. The van der Waals surface area contributed by atoms with Gasteiger partial charge in [0, 0.05) is 5.57 Å². The Morgan fingerprint density at radius 2 is 1.82 bits per heavy atom. The minimum atomic E-state index is -0.183. The molecule has 0 heterocycles. The normalized spacial score (nSPS) is 8.64. The molecule has 0 radical (unpaired) electrons. The Morgan fingerprint density at radius 3 is 2.09 bits per heavy atom. The van der Waals surface area contributed by atoms with E-state index in [4.69, 9.17) is 5.73 Å². The summed E-state index contributed by atoms with van der Waals surface area (Å²) in [4.78, 5) is 11.1. The molecule has 62 valence electrons. The second-order valence-corrected chi connectivity index (χ2v) is 2.60. The molecular weight excluding hydrogens is 140 g/mol. The first-order chi connectivity index (χ1) is 4.95. The van der Waals surface area contributed by atoms with Gasteiger partial charge in [-0.05, 0) is 20.8 Å². The van der Waals surface area contributed by atoms with Gasteiger partial charge in [-0.15, -0.1) is 0 Å². The molecule has 0 bridgehead atoms. The molecule has 1 amide bonds. The maximum atomic E-state index is 11.1. The zero-order chi connectivity index (χ0) is 9.02. The number of nitrogens with two attached hydrogens (primary N) is 1. The van der Waals surface area contributed by atoms with Crippen LogP contribution in [-0.2, 0) is 4.79 Å². The summed E-state index contributed by atoms with van der Waals surface area (Å²) in [5.41, 5.74) is 6.84. The van der Waals surface area contributed by atoms with Crippen LogP contribution in [0, 0.1) is 0 Å². The fourth-order valence-corrected chi connectivity index (χ4v) is 0.467. The largest absolute Gasteiger partial charge is 0.386 e. The number of amides is 1. The molecule has 0 fully saturated rings. The van der Waals surface area contributed by atoms with E-state index in [-0.39, 0.29) is 11.7 Å². The van der Waals surface area contributed by atoms with Crippen LogP contribution < -0.4 is 11.1 Å². The van der Waals surface area contributed by atoms with Crippen molar-refractivity contribution >= 4 is 5.91 Å². The number of allylic oxidation sites excluding steroid dienone is 1. The standard InChI is InChI=1S/C8H14N2O/c1-5(2)6(3)8(11)10-7(4)9/h4,9H2,1-3H3,(H,10,11). The van der Waals surface area contributed by atoms with E-state index in [1.165, 1.54) is 0 Å². The van der Waals surface area contributed by atoms with Crippen LogP contribution in [0.3, 0.4) is 0 Å². The van der Waals surface area contributed by atoms with Crippen molar-refractivity contribution in [3.63, 3.8) is 0 Å². The third kappa shape index (κ3) is 3.45. The zero-order valence-corrected chi connectivity index (χ0v) is 7.19. The predicted molar refractivity (Wildman–Crippen MR) is 45.5 cm³/mol. The summed E-state index contributed by atoms with van der Waals surface area (Å²) in [6, 6.07) is 0. The van der Waals surface area contributed by atoms with Gasteiger partial charge in [-0.1, -0.05) is 12.2 Å². The van der Waals surface area contributed by atoms with Gasteiger partial charge in [-0.3, -0.25) is 4.79 Å². The van der Waals surface area contributed by atoms with Crippen LogP contribution in [0.2, 0.25) is 0 Å². The highest BCUT2D eigenvalue weighted by Gasteiger charge is 2.03. The molecule has 0 atom stereocenters. The van der Waals surface area contributed by atoms with Crippen molar-refractivity contribution < 1.29 is 4.79 Å². The van der Waals surface area contributed by atoms with E-state index in [9.17, 15) is 4.79 Å². The SMILES string of the molecule is C=C(N)NC(=O)C(C)=C(C)C. The molecule has 0 unspecified atom stereocenters.